The minimum absolute atomic E-state index is 0.00946. The number of aryl methyl sites for hydroxylation is 1. The fraction of sp³-hybridized carbons (Fsp3) is 0.412. The van der Waals surface area contributed by atoms with Crippen molar-refractivity contribution in [2.75, 3.05) is 30.0 Å². The Morgan fingerprint density at radius 3 is 2.75 bits per heavy atom. The van der Waals surface area contributed by atoms with Gasteiger partial charge in [-0.3, -0.25) is 0 Å². The summed E-state index contributed by atoms with van der Waals surface area (Å²) in [4.78, 5) is 18.3. The lowest BCUT2D eigenvalue weighted by molar-refractivity contribution is 0.0696. The molecule has 0 amide bonds. The highest BCUT2D eigenvalue weighted by molar-refractivity contribution is 7.90. The fourth-order valence-electron chi connectivity index (χ4n) is 3.43. The van der Waals surface area contributed by atoms with E-state index in [4.69, 9.17) is 0 Å². The van der Waals surface area contributed by atoms with E-state index >= 15 is 0 Å². The number of anilines is 1. The summed E-state index contributed by atoms with van der Waals surface area (Å²) < 4.78 is 23.0. The molecule has 2 heterocycles. The molecule has 128 valence electrons. The number of benzene rings is 1. The summed E-state index contributed by atoms with van der Waals surface area (Å²) in [5.74, 6) is -0.435. The van der Waals surface area contributed by atoms with Crippen LogP contribution in [-0.4, -0.2) is 49.6 Å². The number of hydrogen-bond donors (Lipinski definition) is 1. The van der Waals surface area contributed by atoms with E-state index < -0.39 is 15.8 Å². The van der Waals surface area contributed by atoms with Crippen LogP contribution in [0.25, 0.3) is 10.9 Å². The van der Waals surface area contributed by atoms with Gasteiger partial charge in [0, 0.05) is 24.7 Å². The molecule has 1 N–H and O–H groups in total. The molecule has 1 aliphatic heterocycles. The molecule has 0 saturated carbocycles. The van der Waals surface area contributed by atoms with Gasteiger partial charge in [-0.15, -0.1) is 0 Å². The molecule has 0 bridgehead atoms. The van der Waals surface area contributed by atoms with E-state index in [0.29, 0.717) is 24.5 Å². The van der Waals surface area contributed by atoms with E-state index in [-0.39, 0.29) is 17.2 Å². The first-order valence-corrected chi connectivity index (χ1v) is 9.87. The maximum atomic E-state index is 11.8. The molecule has 1 aliphatic rings. The van der Waals surface area contributed by atoms with Crippen molar-refractivity contribution in [2.45, 2.75) is 13.3 Å². The van der Waals surface area contributed by atoms with E-state index in [2.05, 4.69) is 4.98 Å². The summed E-state index contributed by atoms with van der Waals surface area (Å²) in [6, 6.07) is 7.46. The Kier molecular flexibility index (Phi) is 4.21. The number of sulfone groups is 1. The average Bonchev–Trinajstić information content (AvgIpc) is 2.93. The number of fused-ring (bicyclic) bond motifs is 1. The first kappa shape index (κ1) is 16.7. The molecule has 0 aliphatic carbocycles. The summed E-state index contributed by atoms with van der Waals surface area (Å²) in [6.45, 7) is 2.92. The van der Waals surface area contributed by atoms with Gasteiger partial charge in [0.25, 0.3) is 0 Å². The smallest absolute Gasteiger partial charge is 0.339 e. The first-order chi connectivity index (χ1) is 11.3. The second kappa shape index (κ2) is 6.05. The number of aromatic carboxylic acids is 1. The lowest BCUT2D eigenvalue weighted by Gasteiger charge is -2.21. The number of para-hydroxylation sites is 1. The third kappa shape index (κ3) is 3.21. The number of carboxylic acids is 1. The van der Waals surface area contributed by atoms with Gasteiger partial charge in [-0.05, 0) is 30.9 Å². The van der Waals surface area contributed by atoms with Crippen molar-refractivity contribution in [1.29, 1.82) is 0 Å². The largest absolute Gasteiger partial charge is 0.478 e. The number of carbonyl (C=O) groups is 1. The Balaban J connectivity index is 2.03. The Bertz CT molecular complexity index is 908. The van der Waals surface area contributed by atoms with Crippen molar-refractivity contribution in [3.8, 4) is 0 Å². The Morgan fingerprint density at radius 1 is 1.38 bits per heavy atom. The number of pyridine rings is 1. The lowest BCUT2D eigenvalue weighted by Crippen LogP contribution is -2.26. The van der Waals surface area contributed by atoms with Gasteiger partial charge in [-0.25, -0.2) is 18.2 Å². The van der Waals surface area contributed by atoms with Crippen LogP contribution in [0.15, 0.2) is 24.3 Å². The third-order valence-electron chi connectivity index (χ3n) is 4.47. The Hall–Kier alpha value is -2.15. The molecule has 1 unspecified atom stereocenters. The van der Waals surface area contributed by atoms with Crippen LogP contribution < -0.4 is 4.90 Å². The van der Waals surface area contributed by atoms with Crippen LogP contribution in [0.3, 0.4) is 0 Å². The molecule has 1 aromatic carbocycles. The van der Waals surface area contributed by atoms with Crippen LogP contribution in [-0.2, 0) is 9.84 Å². The minimum atomic E-state index is -3.05. The van der Waals surface area contributed by atoms with Crippen LogP contribution in [0.1, 0.15) is 22.3 Å². The molecule has 1 aromatic heterocycles. The van der Waals surface area contributed by atoms with Crippen molar-refractivity contribution in [2.24, 2.45) is 5.92 Å². The van der Waals surface area contributed by atoms with Gasteiger partial charge in [-0.2, -0.15) is 0 Å². The molecule has 1 saturated heterocycles. The summed E-state index contributed by atoms with van der Waals surface area (Å²) in [5, 5.41) is 10.5. The van der Waals surface area contributed by atoms with Gasteiger partial charge in [0.2, 0.25) is 0 Å². The molecule has 2 aromatic rings. The second-order valence-corrected chi connectivity index (χ2v) is 8.64. The van der Waals surface area contributed by atoms with E-state index in [0.717, 1.165) is 17.3 Å². The number of rotatable bonds is 4. The average molecular weight is 348 g/mol. The Morgan fingerprint density at radius 2 is 2.08 bits per heavy atom. The van der Waals surface area contributed by atoms with Crippen molar-refractivity contribution in [3.05, 3.63) is 35.4 Å². The second-order valence-electron chi connectivity index (χ2n) is 6.45. The van der Waals surface area contributed by atoms with Crippen molar-refractivity contribution >= 4 is 32.5 Å². The van der Waals surface area contributed by atoms with E-state index in [1.807, 2.05) is 29.2 Å². The van der Waals surface area contributed by atoms with Crippen molar-refractivity contribution < 1.29 is 18.3 Å². The van der Waals surface area contributed by atoms with Crippen LogP contribution in [0.5, 0.6) is 0 Å². The summed E-state index contributed by atoms with van der Waals surface area (Å²) in [5.41, 5.74) is 1.64. The molecule has 0 radical (unpaired) electrons. The van der Waals surface area contributed by atoms with Gasteiger partial charge in [0.05, 0.1) is 11.3 Å². The predicted octanol–water partition coefficient (Wildman–Crippen LogP) is 2.11. The quantitative estimate of drug-likeness (QED) is 0.910. The molecule has 0 spiro atoms. The summed E-state index contributed by atoms with van der Waals surface area (Å²) in [6.07, 6.45) is 1.95. The topological polar surface area (TPSA) is 87.6 Å². The standard InChI is InChI=1S/C17H20N2O4S/c1-11-13-5-3-4-6-14(13)18-16(15(11)17(20)21)19-8-7-12(9-19)10-24(2,22)23/h3-6,12H,7-10H2,1-2H3,(H,20,21). The van der Waals surface area contributed by atoms with Crippen molar-refractivity contribution in [1.82, 2.24) is 4.98 Å². The number of aromatic nitrogens is 1. The van der Waals surface area contributed by atoms with Crippen molar-refractivity contribution in [3.63, 3.8) is 0 Å². The van der Waals surface area contributed by atoms with E-state index in [9.17, 15) is 18.3 Å². The third-order valence-corrected chi connectivity index (χ3v) is 5.55. The van der Waals surface area contributed by atoms with Gasteiger partial charge in [0.15, 0.2) is 0 Å². The number of carboxylic acid groups (broad SMARTS) is 1. The molecule has 3 rings (SSSR count). The summed E-state index contributed by atoms with van der Waals surface area (Å²) >= 11 is 0. The lowest BCUT2D eigenvalue weighted by atomic mass is 10.0. The molecule has 24 heavy (non-hydrogen) atoms. The van der Waals surface area contributed by atoms with Gasteiger partial charge < -0.3 is 10.0 Å². The highest BCUT2D eigenvalue weighted by atomic mass is 32.2. The van der Waals surface area contributed by atoms with Gasteiger partial charge >= 0.3 is 5.97 Å². The normalized spacial score (nSPS) is 18.2. The monoisotopic (exact) mass is 348 g/mol. The maximum absolute atomic E-state index is 11.8. The van der Waals surface area contributed by atoms with Gasteiger partial charge in [-0.1, -0.05) is 18.2 Å². The van der Waals surface area contributed by atoms with E-state index in [1.54, 1.807) is 6.92 Å². The van der Waals surface area contributed by atoms with Crippen LogP contribution in [0.2, 0.25) is 0 Å². The molecular formula is C17H20N2O4S. The zero-order valence-corrected chi connectivity index (χ0v) is 14.5. The van der Waals surface area contributed by atoms with E-state index in [1.165, 1.54) is 6.26 Å². The SMILES string of the molecule is Cc1c(C(=O)O)c(N2CCC(CS(C)(=O)=O)C2)nc2ccccc12. The van der Waals surface area contributed by atoms with Crippen LogP contribution in [0.4, 0.5) is 5.82 Å². The zero-order chi connectivity index (χ0) is 17.5. The molecule has 6 nitrogen and oxygen atoms in total. The number of hydrogen-bond acceptors (Lipinski definition) is 5. The number of nitrogens with zero attached hydrogens (tertiary/aromatic N) is 2. The summed E-state index contributed by atoms with van der Waals surface area (Å²) in [7, 11) is -3.05. The minimum Gasteiger partial charge on any atom is -0.478 e. The predicted molar refractivity (Wildman–Crippen MR) is 93.5 cm³/mol. The molecule has 7 heteroatoms. The Labute approximate surface area is 141 Å². The van der Waals surface area contributed by atoms with Crippen LogP contribution in [0, 0.1) is 12.8 Å². The highest BCUT2D eigenvalue weighted by Gasteiger charge is 2.30. The molecule has 1 atom stereocenters. The molecular weight excluding hydrogens is 328 g/mol. The fourth-order valence-corrected chi connectivity index (χ4v) is 4.56. The van der Waals surface area contributed by atoms with Gasteiger partial charge in [0.1, 0.15) is 21.2 Å². The first-order valence-electron chi connectivity index (χ1n) is 7.81. The zero-order valence-electron chi connectivity index (χ0n) is 13.7. The molecule has 1 fully saturated rings. The highest BCUT2D eigenvalue weighted by Crippen LogP contribution is 2.31. The maximum Gasteiger partial charge on any atom is 0.339 e. The van der Waals surface area contributed by atoms with Crippen LogP contribution >= 0.6 is 0 Å².